The SMILES string of the molecule is Cc1nc(CNC(=O)C2[C@@H]3CCC[C@@H]23)oc1-c1ccc(Cl)cc1. The van der Waals surface area contributed by atoms with Crippen molar-refractivity contribution in [3.8, 4) is 11.3 Å². The molecule has 4 nitrogen and oxygen atoms in total. The van der Waals surface area contributed by atoms with Crippen molar-refractivity contribution in [3.63, 3.8) is 0 Å². The first kappa shape index (κ1) is 14.8. The maximum atomic E-state index is 12.2. The van der Waals surface area contributed by atoms with Crippen LogP contribution in [0.2, 0.25) is 5.02 Å². The van der Waals surface area contributed by atoms with E-state index in [0.29, 0.717) is 29.3 Å². The Balaban J connectivity index is 1.41. The van der Waals surface area contributed by atoms with Gasteiger partial charge in [-0.25, -0.2) is 4.98 Å². The fourth-order valence-corrected chi connectivity index (χ4v) is 4.01. The second-order valence-corrected chi connectivity index (χ2v) is 6.97. The number of amides is 1. The molecule has 1 heterocycles. The second kappa shape index (κ2) is 5.68. The van der Waals surface area contributed by atoms with E-state index in [4.69, 9.17) is 16.0 Å². The molecular formula is C18H19ClN2O2. The maximum absolute atomic E-state index is 12.2. The molecule has 23 heavy (non-hydrogen) atoms. The summed E-state index contributed by atoms with van der Waals surface area (Å²) in [5, 5.41) is 3.66. The van der Waals surface area contributed by atoms with Crippen molar-refractivity contribution >= 4 is 17.5 Å². The minimum Gasteiger partial charge on any atom is -0.438 e. The number of halogens is 1. The van der Waals surface area contributed by atoms with E-state index in [-0.39, 0.29) is 11.8 Å². The quantitative estimate of drug-likeness (QED) is 0.923. The van der Waals surface area contributed by atoms with Crippen LogP contribution < -0.4 is 5.32 Å². The molecule has 1 amide bonds. The van der Waals surface area contributed by atoms with Crippen LogP contribution in [0.25, 0.3) is 11.3 Å². The molecule has 1 aromatic heterocycles. The lowest BCUT2D eigenvalue weighted by atomic mass is 10.1. The molecule has 0 radical (unpaired) electrons. The van der Waals surface area contributed by atoms with Gasteiger partial charge in [0.25, 0.3) is 0 Å². The van der Waals surface area contributed by atoms with Crippen LogP contribution in [0, 0.1) is 24.7 Å². The standard InChI is InChI=1S/C18H19ClN2O2/c1-10-17(11-5-7-12(19)8-6-11)23-15(21-10)9-20-18(22)16-13-3-2-4-14(13)16/h5-8,13-14,16H,2-4,9H2,1H3,(H,20,22)/t13-,14-/m1/s1. The van der Waals surface area contributed by atoms with Gasteiger partial charge >= 0.3 is 0 Å². The van der Waals surface area contributed by atoms with Crippen LogP contribution in [-0.4, -0.2) is 10.9 Å². The van der Waals surface area contributed by atoms with E-state index in [9.17, 15) is 4.79 Å². The van der Waals surface area contributed by atoms with Gasteiger partial charge in [-0.15, -0.1) is 0 Å². The summed E-state index contributed by atoms with van der Waals surface area (Å²) in [5.41, 5.74) is 1.76. The van der Waals surface area contributed by atoms with Gasteiger partial charge in [0.05, 0.1) is 12.2 Å². The zero-order chi connectivity index (χ0) is 16.0. The average molecular weight is 331 g/mol. The van der Waals surface area contributed by atoms with Crippen molar-refractivity contribution in [1.82, 2.24) is 10.3 Å². The summed E-state index contributed by atoms with van der Waals surface area (Å²) >= 11 is 5.91. The number of nitrogens with zero attached hydrogens (tertiary/aromatic N) is 1. The Morgan fingerprint density at radius 3 is 2.70 bits per heavy atom. The topological polar surface area (TPSA) is 55.1 Å². The molecule has 2 aromatic rings. The first-order valence-electron chi connectivity index (χ1n) is 8.13. The Labute approximate surface area is 140 Å². The fraction of sp³-hybridized carbons (Fsp3) is 0.444. The molecule has 0 spiro atoms. The number of rotatable bonds is 4. The highest BCUT2D eigenvalue weighted by atomic mass is 35.5. The third-order valence-corrected chi connectivity index (χ3v) is 5.32. The lowest BCUT2D eigenvalue weighted by Crippen LogP contribution is -2.26. The third kappa shape index (κ3) is 2.76. The van der Waals surface area contributed by atoms with Gasteiger partial charge in [0.15, 0.2) is 5.76 Å². The molecule has 1 aromatic carbocycles. The number of hydrogen-bond acceptors (Lipinski definition) is 3. The molecule has 5 heteroatoms. The molecule has 0 aliphatic heterocycles. The van der Waals surface area contributed by atoms with E-state index >= 15 is 0 Å². The highest BCUT2D eigenvalue weighted by Crippen LogP contribution is 2.57. The van der Waals surface area contributed by atoms with E-state index in [1.54, 1.807) is 0 Å². The van der Waals surface area contributed by atoms with Crippen LogP contribution in [0.5, 0.6) is 0 Å². The van der Waals surface area contributed by atoms with Gasteiger partial charge in [-0.2, -0.15) is 0 Å². The highest BCUT2D eigenvalue weighted by molar-refractivity contribution is 6.30. The van der Waals surface area contributed by atoms with Crippen molar-refractivity contribution in [2.45, 2.75) is 32.7 Å². The summed E-state index contributed by atoms with van der Waals surface area (Å²) in [6.07, 6.45) is 3.70. The zero-order valence-electron chi connectivity index (χ0n) is 13.0. The number of carbonyl (C=O) groups is 1. The number of nitrogens with one attached hydrogen (secondary N) is 1. The number of fused-ring (bicyclic) bond motifs is 1. The van der Waals surface area contributed by atoms with E-state index in [2.05, 4.69) is 10.3 Å². The fourth-order valence-electron chi connectivity index (χ4n) is 3.89. The maximum Gasteiger partial charge on any atom is 0.224 e. The molecule has 0 bridgehead atoms. The van der Waals surface area contributed by atoms with Gasteiger partial charge in [-0.05, 0) is 55.9 Å². The smallest absolute Gasteiger partial charge is 0.224 e. The first-order valence-corrected chi connectivity index (χ1v) is 8.51. The third-order valence-electron chi connectivity index (χ3n) is 5.07. The predicted molar refractivity (Wildman–Crippen MR) is 87.9 cm³/mol. The molecule has 2 aliphatic rings. The van der Waals surface area contributed by atoms with Crippen LogP contribution in [0.4, 0.5) is 0 Å². The Hall–Kier alpha value is -1.81. The van der Waals surface area contributed by atoms with Crippen LogP contribution in [0.3, 0.4) is 0 Å². The number of hydrogen-bond donors (Lipinski definition) is 1. The first-order chi connectivity index (χ1) is 11.1. The van der Waals surface area contributed by atoms with Crippen LogP contribution in [0.15, 0.2) is 28.7 Å². The Bertz CT molecular complexity index is 728. The van der Waals surface area contributed by atoms with Crippen LogP contribution in [0.1, 0.15) is 30.8 Å². The summed E-state index contributed by atoms with van der Waals surface area (Å²) in [6.45, 7) is 2.26. The van der Waals surface area contributed by atoms with Crippen LogP contribution in [-0.2, 0) is 11.3 Å². The molecular weight excluding hydrogens is 312 g/mol. The minimum absolute atomic E-state index is 0.156. The van der Waals surface area contributed by atoms with Crippen molar-refractivity contribution in [2.75, 3.05) is 0 Å². The lowest BCUT2D eigenvalue weighted by Gasteiger charge is -2.04. The van der Waals surface area contributed by atoms with E-state index in [1.807, 2.05) is 31.2 Å². The highest BCUT2D eigenvalue weighted by Gasteiger charge is 2.56. The number of oxazole rings is 1. The predicted octanol–water partition coefficient (Wildman–Crippen LogP) is 3.97. The molecule has 2 atom stereocenters. The Morgan fingerprint density at radius 2 is 2.00 bits per heavy atom. The minimum atomic E-state index is 0.156. The molecule has 2 saturated carbocycles. The Morgan fingerprint density at radius 1 is 1.30 bits per heavy atom. The van der Waals surface area contributed by atoms with E-state index < -0.39 is 0 Å². The van der Waals surface area contributed by atoms with E-state index in [1.165, 1.54) is 19.3 Å². The normalized spacial score (nSPS) is 25.2. The van der Waals surface area contributed by atoms with Crippen LogP contribution >= 0.6 is 11.6 Å². The van der Waals surface area contributed by atoms with Crippen molar-refractivity contribution in [2.24, 2.45) is 17.8 Å². The molecule has 0 saturated heterocycles. The van der Waals surface area contributed by atoms with Crippen molar-refractivity contribution in [3.05, 3.63) is 40.9 Å². The summed E-state index contributed by atoms with van der Waals surface area (Å²) in [5.74, 6) is 2.93. The van der Waals surface area contributed by atoms with Gasteiger partial charge in [0.1, 0.15) is 0 Å². The molecule has 4 rings (SSSR count). The number of carbonyl (C=O) groups excluding carboxylic acids is 1. The van der Waals surface area contributed by atoms with Gasteiger partial charge in [-0.1, -0.05) is 18.0 Å². The summed E-state index contributed by atoms with van der Waals surface area (Å²) in [4.78, 5) is 16.6. The van der Waals surface area contributed by atoms with Gasteiger partial charge in [0.2, 0.25) is 11.8 Å². The van der Waals surface area contributed by atoms with Crippen molar-refractivity contribution in [1.29, 1.82) is 0 Å². The molecule has 1 N–H and O–H groups in total. The number of benzene rings is 1. The second-order valence-electron chi connectivity index (χ2n) is 6.53. The largest absolute Gasteiger partial charge is 0.438 e. The van der Waals surface area contributed by atoms with Crippen molar-refractivity contribution < 1.29 is 9.21 Å². The molecule has 2 fully saturated rings. The molecule has 2 aliphatic carbocycles. The lowest BCUT2D eigenvalue weighted by molar-refractivity contribution is -0.123. The molecule has 120 valence electrons. The van der Waals surface area contributed by atoms with Gasteiger partial charge in [-0.3, -0.25) is 4.79 Å². The summed E-state index contributed by atoms with van der Waals surface area (Å²) < 4.78 is 5.82. The average Bonchev–Trinajstić information content (AvgIpc) is 2.87. The van der Waals surface area contributed by atoms with E-state index in [0.717, 1.165) is 17.0 Å². The summed E-state index contributed by atoms with van der Waals surface area (Å²) in [7, 11) is 0. The monoisotopic (exact) mass is 330 g/mol. The zero-order valence-corrected chi connectivity index (χ0v) is 13.8. The van der Waals surface area contributed by atoms with Gasteiger partial charge < -0.3 is 9.73 Å². The number of aryl methyl sites for hydroxylation is 1. The Kier molecular flexibility index (Phi) is 3.64. The number of aromatic nitrogens is 1. The summed E-state index contributed by atoms with van der Waals surface area (Å²) in [6, 6.07) is 7.46. The molecule has 0 unspecified atom stereocenters. The van der Waals surface area contributed by atoms with Gasteiger partial charge in [0, 0.05) is 16.5 Å².